The standard InChI is InChI=1S/C52H40N2Si2/c1-7-19-43(20-8-1)55(44-21-9-2-10-22-44,45-23-11-3-12-24-45)49-35-37-51(53-39-49)41-31-33-42(34-32-41)52-38-36-50(40-54-52)56(46-25-13-4-14-26-46,47-27-15-5-16-28-47)48-29-17-6-18-30-48/h1-40H. The summed E-state index contributed by atoms with van der Waals surface area (Å²) in [6.07, 6.45) is 4.23. The molecule has 0 saturated heterocycles. The van der Waals surface area contributed by atoms with Crippen LogP contribution in [0.25, 0.3) is 22.5 Å². The first-order chi connectivity index (χ1) is 27.8. The molecule has 4 heteroatoms. The van der Waals surface area contributed by atoms with E-state index in [0.717, 1.165) is 22.5 Å². The highest BCUT2D eigenvalue weighted by Gasteiger charge is 2.42. The number of hydrogen-bond acceptors (Lipinski definition) is 2. The van der Waals surface area contributed by atoms with Crippen LogP contribution >= 0.6 is 0 Å². The lowest BCUT2D eigenvalue weighted by Crippen LogP contribution is -2.74. The van der Waals surface area contributed by atoms with Crippen molar-refractivity contribution >= 4 is 57.6 Å². The second-order valence-electron chi connectivity index (χ2n) is 14.1. The normalized spacial score (nSPS) is 11.6. The first-order valence-corrected chi connectivity index (χ1v) is 23.1. The van der Waals surface area contributed by atoms with Gasteiger partial charge in [0.2, 0.25) is 0 Å². The van der Waals surface area contributed by atoms with Crippen LogP contribution in [0.3, 0.4) is 0 Å². The van der Waals surface area contributed by atoms with Crippen molar-refractivity contribution in [3.8, 4) is 22.5 Å². The molecule has 0 N–H and O–H groups in total. The van der Waals surface area contributed by atoms with Gasteiger partial charge < -0.3 is 0 Å². The molecular weight excluding hydrogens is 709 g/mol. The minimum Gasteiger partial charge on any atom is -0.256 e. The van der Waals surface area contributed by atoms with Crippen molar-refractivity contribution in [3.05, 3.63) is 243 Å². The first-order valence-electron chi connectivity index (χ1n) is 19.1. The Morgan fingerprint density at radius 1 is 0.214 bits per heavy atom. The Bertz CT molecular complexity index is 2240. The van der Waals surface area contributed by atoms with Crippen molar-refractivity contribution in [1.82, 2.24) is 9.97 Å². The number of hydrogen-bond donors (Lipinski definition) is 0. The molecule has 0 unspecified atom stereocenters. The fourth-order valence-electron chi connectivity index (χ4n) is 8.51. The third-order valence-corrected chi connectivity index (χ3v) is 20.6. The molecule has 0 spiro atoms. The molecule has 7 aromatic carbocycles. The largest absolute Gasteiger partial charge is 0.256 e. The van der Waals surface area contributed by atoms with Crippen LogP contribution in [0.15, 0.2) is 243 Å². The monoisotopic (exact) mass is 748 g/mol. The minimum atomic E-state index is -2.63. The second kappa shape index (κ2) is 15.6. The van der Waals surface area contributed by atoms with E-state index in [9.17, 15) is 0 Å². The van der Waals surface area contributed by atoms with E-state index >= 15 is 0 Å². The highest BCUT2D eigenvalue weighted by atomic mass is 28.3. The van der Waals surface area contributed by atoms with E-state index in [1.165, 1.54) is 41.5 Å². The zero-order valence-electron chi connectivity index (χ0n) is 31.0. The van der Waals surface area contributed by atoms with Crippen molar-refractivity contribution in [2.45, 2.75) is 0 Å². The summed E-state index contributed by atoms with van der Waals surface area (Å²) in [7, 11) is -5.26. The number of pyridine rings is 2. The molecule has 0 aliphatic carbocycles. The number of nitrogens with zero attached hydrogens (tertiary/aromatic N) is 2. The van der Waals surface area contributed by atoms with Gasteiger partial charge in [-0.3, -0.25) is 9.97 Å². The highest BCUT2D eigenvalue weighted by molar-refractivity contribution is 7.20. The smallest absolute Gasteiger partial charge is 0.181 e. The zero-order chi connectivity index (χ0) is 37.6. The number of aromatic nitrogens is 2. The van der Waals surface area contributed by atoms with E-state index in [0.29, 0.717) is 0 Å². The topological polar surface area (TPSA) is 25.8 Å². The number of benzene rings is 7. The van der Waals surface area contributed by atoms with Crippen molar-refractivity contribution in [3.63, 3.8) is 0 Å². The lowest BCUT2D eigenvalue weighted by molar-refractivity contribution is 1.33. The van der Waals surface area contributed by atoms with Gasteiger partial charge in [0.25, 0.3) is 0 Å². The molecule has 0 bridgehead atoms. The summed E-state index contributed by atoms with van der Waals surface area (Å²) in [5.41, 5.74) is 4.05. The second-order valence-corrected chi connectivity index (χ2v) is 21.8. The van der Waals surface area contributed by atoms with Gasteiger partial charge in [0.15, 0.2) is 16.1 Å². The Labute approximate surface area is 331 Å². The summed E-state index contributed by atoms with van der Waals surface area (Å²) in [5, 5.41) is 10.5. The quantitative estimate of drug-likeness (QED) is 0.117. The third-order valence-electron chi connectivity index (χ3n) is 11.1. The Kier molecular flexibility index (Phi) is 9.72. The van der Waals surface area contributed by atoms with Crippen LogP contribution in [0.4, 0.5) is 0 Å². The predicted molar refractivity (Wildman–Crippen MR) is 240 cm³/mol. The molecule has 2 aromatic heterocycles. The summed E-state index contributed by atoms with van der Waals surface area (Å²) in [6, 6.07) is 83.5. The first kappa shape index (κ1) is 35.0. The summed E-state index contributed by atoms with van der Waals surface area (Å²) in [4.78, 5) is 10.3. The molecule has 2 nitrogen and oxygen atoms in total. The Balaban J connectivity index is 1.07. The SMILES string of the molecule is c1ccc([Si](c2ccccc2)(c2ccccc2)c2ccc(-c3ccc(-c4ccc([Si](c5ccccc5)(c5ccccc5)c5ccccc5)cn4)cc3)nc2)cc1. The van der Waals surface area contributed by atoms with Gasteiger partial charge in [-0.2, -0.15) is 0 Å². The summed E-state index contributed by atoms with van der Waals surface area (Å²) < 4.78 is 0. The molecule has 0 aliphatic heterocycles. The third kappa shape index (κ3) is 6.25. The van der Waals surface area contributed by atoms with Crippen LogP contribution in [-0.4, -0.2) is 26.1 Å². The predicted octanol–water partition coefficient (Wildman–Crippen LogP) is 6.57. The fraction of sp³-hybridized carbons (Fsp3) is 0. The molecule has 266 valence electrons. The molecule has 0 saturated carbocycles. The Morgan fingerprint density at radius 2 is 0.446 bits per heavy atom. The van der Waals surface area contributed by atoms with Gasteiger partial charge in [-0.05, 0) is 53.6 Å². The molecular formula is C52H40N2Si2. The van der Waals surface area contributed by atoms with Crippen LogP contribution in [0.5, 0.6) is 0 Å². The number of rotatable bonds is 10. The van der Waals surface area contributed by atoms with Gasteiger partial charge in [0.1, 0.15) is 0 Å². The summed E-state index contributed by atoms with van der Waals surface area (Å²) >= 11 is 0. The van der Waals surface area contributed by atoms with Gasteiger partial charge >= 0.3 is 0 Å². The fourth-order valence-corrected chi connectivity index (χ4v) is 17.9. The minimum absolute atomic E-state index is 0.949. The molecule has 0 fully saturated rings. The maximum atomic E-state index is 5.14. The molecule has 2 heterocycles. The van der Waals surface area contributed by atoms with E-state index in [2.05, 4.69) is 243 Å². The van der Waals surface area contributed by atoms with E-state index in [1.54, 1.807) is 0 Å². The van der Waals surface area contributed by atoms with Gasteiger partial charge in [0, 0.05) is 23.5 Å². The lowest BCUT2D eigenvalue weighted by Gasteiger charge is -2.34. The van der Waals surface area contributed by atoms with E-state index in [4.69, 9.17) is 9.97 Å². The van der Waals surface area contributed by atoms with Gasteiger partial charge in [-0.15, -0.1) is 0 Å². The van der Waals surface area contributed by atoms with E-state index < -0.39 is 16.1 Å². The molecule has 56 heavy (non-hydrogen) atoms. The highest BCUT2D eigenvalue weighted by Crippen LogP contribution is 2.23. The lowest BCUT2D eigenvalue weighted by atomic mass is 10.1. The van der Waals surface area contributed by atoms with Crippen LogP contribution in [-0.2, 0) is 0 Å². The van der Waals surface area contributed by atoms with Gasteiger partial charge in [0.05, 0.1) is 11.4 Å². The molecule has 9 aromatic rings. The maximum absolute atomic E-state index is 5.14. The van der Waals surface area contributed by atoms with Gasteiger partial charge in [-0.1, -0.05) is 218 Å². The van der Waals surface area contributed by atoms with Crippen molar-refractivity contribution in [2.24, 2.45) is 0 Å². The van der Waals surface area contributed by atoms with Crippen molar-refractivity contribution in [1.29, 1.82) is 0 Å². The molecule has 0 aliphatic rings. The Morgan fingerprint density at radius 3 is 0.643 bits per heavy atom. The molecule has 0 radical (unpaired) electrons. The van der Waals surface area contributed by atoms with Gasteiger partial charge in [-0.25, -0.2) is 0 Å². The van der Waals surface area contributed by atoms with Crippen LogP contribution < -0.4 is 41.5 Å². The molecule has 0 amide bonds. The summed E-state index contributed by atoms with van der Waals surface area (Å²) in [5.74, 6) is 0. The maximum Gasteiger partial charge on any atom is 0.181 e. The molecule has 0 atom stereocenters. The van der Waals surface area contributed by atoms with E-state index in [-0.39, 0.29) is 0 Å². The average molecular weight is 749 g/mol. The van der Waals surface area contributed by atoms with Crippen LogP contribution in [0, 0.1) is 0 Å². The Hall–Kier alpha value is -6.73. The van der Waals surface area contributed by atoms with Crippen molar-refractivity contribution < 1.29 is 0 Å². The van der Waals surface area contributed by atoms with Crippen LogP contribution in [0.1, 0.15) is 0 Å². The van der Waals surface area contributed by atoms with Crippen LogP contribution in [0.2, 0.25) is 0 Å². The van der Waals surface area contributed by atoms with Crippen molar-refractivity contribution in [2.75, 3.05) is 0 Å². The van der Waals surface area contributed by atoms with E-state index in [1.807, 2.05) is 0 Å². The molecule has 9 rings (SSSR count). The summed E-state index contributed by atoms with van der Waals surface area (Å²) in [6.45, 7) is 0. The zero-order valence-corrected chi connectivity index (χ0v) is 33.0. The average Bonchev–Trinajstić information content (AvgIpc) is 3.30.